The lowest BCUT2D eigenvalue weighted by Crippen LogP contribution is -2.35. The van der Waals surface area contributed by atoms with Crippen molar-refractivity contribution in [2.75, 3.05) is 31.6 Å². The number of pyridine rings is 1. The van der Waals surface area contributed by atoms with Gasteiger partial charge in [-0.1, -0.05) is 12.1 Å². The first-order chi connectivity index (χ1) is 13.8. The first-order valence-corrected chi connectivity index (χ1v) is 10.2. The van der Waals surface area contributed by atoms with Crippen LogP contribution in [0, 0.1) is 0 Å². The highest BCUT2D eigenvalue weighted by Crippen LogP contribution is 2.36. The molecular formula is C22H23N3O2S. The number of aromatic nitrogens is 1. The summed E-state index contributed by atoms with van der Waals surface area (Å²) in [5.74, 6) is 0.301. The number of morpholine rings is 1. The average molecular weight is 394 g/mol. The summed E-state index contributed by atoms with van der Waals surface area (Å²) >= 11 is 1.52. The standard InChI is InChI=1S/C22H23N3O2S/c26-21-7-14-28-22(21)20-6-8-23-15-18(20)5-9-24-19-3-1-17(2-4-19)16-25-10-12-27-13-11-25/h1-9,14-15,24,26H,10-13,16H2/b9-5+. The van der Waals surface area contributed by atoms with Gasteiger partial charge in [-0.15, -0.1) is 11.3 Å². The van der Waals surface area contributed by atoms with Gasteiger partial charge in [-0.3, -0.25) is 9.88 Å². The molecule has 0 unspecified atom stereocenters. The highest BCUT2D eigenvalue weighted by atomic mass is 32.1. The Bertz CT molecular complexity index is 931. The average Bonchev–Trinajstić information content (AvgIpc) is 3.16. The molecule has 0 amide bonds. The Labute approximate surface area is 168 Å². The second kappa shape index (κ2) is 9.01. The summed E-state index contributed by atoms with van der Waals surface area (Å²) in [6, 6.07) is 12.1. The molecule has 0 spiro atoms. The van der Waals surface area contributed by atoms with Crippen molar-refractivity contribution in [1.82, 2.24) is 9.88 Å². The molecule has 0 saturated carbocycles. The van der Waals surface area contributed by atoms with Gasteiger partial charge < -0.3 is 15.2 Å². The summed E-state index contributed by atoms with van der Waals surface area (Å²) in [6.45, 7) is 4.60. The van der Waals surface area contributed by atoms with Gasteiger partial charge in [0.15, 0.2) is 0 Å². The van der Waals surface area contributed by atoms with Crippen molar-refractivity contribution in [3.63, 3.8) is 0 Å². The third-order valence-corrected chi connectivity index (χ3v) is 5.65. The number of anilines is 1. The Hall–Kier alpha value is -2.67. The van der Waals surface area contributed by atoms with Crippen molar-refractivity contribution >= 4 is 23.1 Å². The number of thiophene rings is 1. The molecule has 3 aromatic rings. The minimum Gasteiger partial charge on any atom is -0.506 e. The number of aromatic hydroxyl groups is 1. The van der Waals surface area contributed by atoms with Crippen LogP contribution in [0.3, 0.4) is 0 Å². The van der Waals surface area contributed by atoms with E-state index >= 15 is 0 Å². The molecule has 0 radical (unpaired) electrons. The number of rotatable bonds is 6. The van der Waals surface area contributed by atoms with Crippen LogP contribution in [0.1, 0.15) is 11.1 Å². The van der Waals surface area contributed by atoms with Crippen molar-refractivity contribution < 1.29 is 9.84 Å². The van der Waals surface area contributed by atoms with E-state index in [1.165, 1.54) is 16.9 Å². The number of nitrogens with zero attached hydrogens (tertiary/aromatic N) is 2. The van der Waals surface area contributed by atoms with Crippen molar-refractivity contribution in [2.45, 2.75) is 6.54 Å². The van der Waals surface area contributed by atoms with E-state index in [0.29, 0.717) is 5.75 Å². The molecule has 1 fully saturated rings. The van der Waals surface area contributed by atoms with E-state index in [1.807, 2.05) is 23.7 Å². The van der Waals surface area contributed by atoms with Crippen LogP contribution in [-0.4, -0.2) is 41.3 Å². The second-order valence-corrected chi connectivity index (χ2v) is 7.58. The molecule has 0 atom stereocenters. The van der Waals surface area contributed by atoms with Crippen LogP contribution in [0.4, 0.5) is 5.69 Å². The largest absolute Gasteiger partial charge is 0.506 e. The fourth-order valence-corrected chi connectivity index (χ4v) is 4.04. The number of ether oxygens (including phenoxy) is 1. The fraction of sp³-hybridized carbons (Fsp3) is 0.227. The summed E-state index contributed by atoms with van der Waals surface area (Å²) in [5, 5.41) is 15.2. The summed E-state index contributed by atoms with van der Waals surface area (Å²) in [6.07, 6.45) is 7.43. The first-order valence-electron chi connectivity index (χ1n) is 9.32. The molecule has 4 rings (SSSR count). The third kappa shape index (κ3) is 4.59. The molecule has 6 heteroatoms. The lowest BCUT2D eigenvalue weighted by molar-refractivity contribution is 0.0342. The predicted molar refractivity (Wildman–Crippen MR) is 114 cm³/mol. The molecule has 28 heavy (non-hydrogen) atoms. The van der Waals surface area contributed by atoms with Crippen LogP contribution >= 0.6 is 11.3 Å². The molecule has 1 saturated heterocycles. The van der Waals surface area contributed by atoms with Crippen molar-refractivity contribution in [3.8, 4) is 16.2 Å². The predicted octanol–water partition coefficient (Wildman–Crippen LogP) is 4.43. The van der Waals surface area contributed by atoms with E-state index < -0.39 is 0 Å². The molecule has 1 aromatic carbocycles. The van der Waals surface area contributed by atoms with Gasteiger partial charge in [-0.25, -0.2) is 0 Å². The van der Waals surface area contributed by atoms with Gasteiger partial charge in [-0.05, 0) is 41.3 Å². The number of hydrogen-bond acceptors (Lipinski definition) is 6. The maximum atomic E-state index is 10.0. The quantitative estimate of drug-likeness (QED) is 0.649. The zero-order chi connectivity index (χ0) is 19.2. The number of nitrogens with one attached hydrogen (secondary N) is 1. The molecule has 144 valence electrons. The van der Waals surface area contributed by atoms with Gasteiger partial charge in [0.2, 0.25) is 0 Å². The van der Waals surface area contributed by atoms with Gasteiger partial charge in [0.05, 0.1) is 18.1 Å². The van der Waals surface area contributed by atoms with Crippen LogP contribution in [0.25, 0.3) is 16.5 Å². The number of benzene rings is 1. The molecule has 1 aliphatic rings. The molecule has 2 N–H and O–H groups in total. The Kier molecular flexibility index (Phi) is 6.01. The molecule has 2 aromatic heterocycles. The molecule has 5 nitrogen and oxygen atoms in total. The van der Waals surface area contributed by atoms with Crippen LogP contribution < -0.4 is 5.32 Å². The summed E-state index contributed by atoms with van der Waals surface area (Å²) in [4.78, 5) is 7.48. The van der Waals surface area contributed by atoms with E-state index in [9.17, 15) is 5.11 Å². The minimum atomic E-state index is 0.301. The van der Waals surface area contributed by atoms with Crippen LogP contribution in [0.15, 0.2) is 60.4 Å². The molecular weight excluding hydrogens is 370 g/mol. The SMILES string of the molecule is Oc1ccsc1-c1ccncc1/C=C/Nc1ccc(CN2CCOCC2)cc1. The molecule has 3 heterocycles. The van der Waals surface area contributed by atoms with Crippen molar-refractivity contribution in [2.24, 2.45) is 0 Å². The zero-order valence-corrected chi connectivity index (χ0v) is 16.4. The van der Waals surface area contributed by atoms with Gasteiger partial charge in [0, 0.05) is 55.0 Å². The number of hydrogen-bond donors (Lipinski definition) is 2. The van der Waals surface area contributed by atoms with Gasteiger partial charge in [0.1, 0.15) is 5.75 Å². The third-order valence-electron chi connectivity index (χ3n) is 4.72. The lowest BCUT2D eigenvalue weighted by Gasteiger charge is -2.26. The molecule has 1 aliphatic heterocycles. The molecule has 0 aliphatic carbocycles. The Balaban J connectivity index is 1.39. The normalized spacial score (nSPS) is 15.1. The van der Waals surface area contributed by atoms with Crippen LogP contribution in [0.2, 0.25) is 0 Å². The van der Waals surface area contributed by atoms with Crippen LogP contribution in [0.5, 0.6) is 5.75 Å². The summed E-state index contributed by atoms with van der Waals surface area (Å²) < 4.78 is 5.40. The fourth-order valence-electron chi connectivity index (χ4n) is 3.20. The molecule has 0 bridgehead atoms. The van der Waals surface area contributed by atoms with Gasteiger partial charge in [0.25, 0.3) is 0 Å². The Morgan fingerprint density at radius 3 is 2.71 bits per heavy atom. The Morgan fingerprint density at radius 2 is 1.96 bits per heavy atom. The first kappa shape index (κ1) is 18.7. The van der Waals surface area contributed by atoms with E-state index in [1.54, 1.807) is 18.5 Å². The Morgan fingerprint density at radius 1 is 1.14 bits per heavy atom. The highest BCUT2D eigenvalue weighted by Gasteiger charge is 2.11. The topological polar surface area (TPSA) is 57.6 Å². The highest BCUT2D eigenvalue weighted by molar-refractivity contribution is 7.14. The van der Waals surface area contributed by atoms with E-state index in [4.69, 9.17) is 4.74 Å². The van der Waals surface area contributed by atoms with Crippen LogP contribution in [-0.2, 0) is 11.3 Å². The summed E-state index contributed by atoms with van der Waals surface area (Å²) in [5.41, 5.74) is 4.27. The van der Waals surface area contributed by atoms with Crippen molar-refractivity contribution in [3.05, 3.63) is 71.5 Å². The van der Waals surface area contributed by atoms with E-state index in [0.717, 1.165) is 54.5 Å². The van der Waals surface area contributed by atoms with Gasteiger partial charge >= 0.3 is 0 Å². The lowest BCUT2D eigenvalue weighted by atomic mass is 10.1. The monoisotopic (exact) mass is 393 g/mol. The maximum absolute atomic E-state index is 10.0. The van der Waals surface area contributed by atoms with Gasteiger partial charge in [-0.2, -0.15) is 0 Å². The van der Waals surface area contributed by atoms with Crippen molar-refractivity contribution in [1.29, 1.82) is 0 Å². The van der Waals surface area contributed by atoms with E-state index in [-0.39, 0.29) is 0 Å². The zero-order valence-electron chi connectivity index (χ0n) is 15.5. The maximum Gasteiger partial charge on any atom is 0.134 e. The second-order valence-electron chi connectivity index (χ2n) is 6.66. The van der Waals surface area contributed by atoms with E-state index in [2.05, 4.69) is 39.5 Å². The summed E-state index contributed by atoms with van der Waals surface area (Å²) in [7, 11) is 0. The smallest absolute Gasteiger partial charge is 0.134 e. The minimum absolute atomic E-state index is 0.301.